The van der Waals surface area contributed by atoms with E-state index < -0.39 is 0 Å². The smallest absolute Gasteiger partial charge is 0.0572 e. The van der Waals surface area contributed by atoms with E-state index in [0.29, 0.717) is 5.92 Å². The van der Waals surface area contributed by atoms with Crippen LogP contribution in [0.1, 0.15) is 33.1 Å². The van der Waals surface area contributed by atoms with Crippen molar-refractivity contribution in [1.29, 1.82) is 0 Å². The Bertz CT molecular complexity index is 339. The lowest BCUT2D eigenvalue weighted by Crippen LogP contribution is -2.20. The van der Waals surface area contributed by atoms with Gasteiger partial charge in [-0.05, 0) is 55.8 Å². The highest BCUT2D eigenvalue weighted by Crippen LogP contribution is 2.58. The number of fused-ring (bicyclic) bond motifs is 5. The topological polar surface area (TPSA) is 20.2 Å². The van der Waals surface area contributed by atoms with Crippen molar-refractivity contribution < 1.29 is 5.11 Å². The van der Waals surface area contributed by atoms with Crippen LogP contribution in [0.15, 0.2) is 23.8 Å². The molecular formula is C15H22O. The van der Waals surface area contributed by atoms with E-state index in [-0.39, 0.29) is 6.10 Å². The summed E-state index contributed by atoms with van der Waals surface area (Å²) in [5.41, 5.74) is 1.64. The fourth-order valence-electron chi connectivity index (χ4n) is 4.05. The van der Waals surface area contributed by atoms with Crippen LogP contribution in [-0.4, -0.2) is 11.2 Å². The van der Waals surface area contributed by atoms with Gasteiger partial charge in [0.25, 0.3) is 0 Å². The van der Waals surface area contributed by atoms with Gasteiger partial charge in [-0.15, -0.1) is 0 Å². The molecule has 88 valence electrons. The quantitative estimate of drug-likeness (QED) is 0.706. The second-order valence-corrected chi connectivity index (χ2v) is 6.05. The summed E-state index contributed by atoms with van der Waals surface area (Å²) in [5, 5.41) is 9.58. The van der Waals surface area contributed by atoms with Crippen LogP contribution in [0, 0.1) is 29.6 Å². The summed E-state index contributed by atoms with van der Waals surface area (Å²) in [6.45, 7) is 4.03. The molecule has 2 unspecified atom stereocenters. The van der Waals surface area contributed by atoms with Crippen molar-refractivity contribution in [2.24, 2.45) is 29.6 Å². The van der Waals surface area contributed by atoms with E-state index in [1.165, 1.54) is 19.3 Å². The van der Waals surface area contributed by atoms with E-state index in [4.69, 9.17) is 0 Å². The van der Waals surface area contributed by atoms with E-state index in [9.17, 15) is 5.11 Å². The SMILES string of the molecule is C[C@@H](O)[C@@H](C)C=C1CC2CC1[C@H]1C=CC[C@@H]21. The summed E-state index contributed by atoms with van der Waals surface area (Å²) in [5.74, 6) is 3.88. The molecule has 3 aliphatic carbocycles. The summed E-state index contributed by atoms with van der Waals surface area (Å²) < 4.78 is 0. The van der Waals surface area contributed by atoms with Crippen molar-refractivity contribution >= 4 is 0 Å². The number of hydrogen-bond donors (Lipinski definition) is 1. The summed E-state index contributed by atoms with van der Waals surface area (Å²) >= 11 is 0. The Kier molecular flexibility index (Phi) is 2.47. The summed E-state index contributed by atoms with van der Waals surface area (Å²) in [6.07, 6.45) is 11.0. The standard InChI is InChI=1S/C15H22O/c1-9(10(2)16)6-11-7-12-8-15(11)14-5-3-4-13(12)14/h3,5-6,9-10,12-16H,4,7-8H2,1-2H3/t9-,10+,12?,13-,14-,15?/m0/s1. The lowest BCUT2D eigenvalue weighted by Gasteiger charge is -2.27. The molecule has 0 heterocycles. The minimum atomic E-state index is -0.207. The summed E-state index contributed by atoms with van der Waals surface area (Å²) in [7, 11) is 0. The Morgan fingerprint density at radius 3 is 3.00 bits per heavy atom. The van der Waals surface area contributed by atoms with Crippen LogP contribution in [0.4, 0.5) is 0 Å². The maximum atomic E-state index is 9.58. The first-order chi connectivity index (χ1) is 7.66. The third kappa shape index (κ3) is 1.48. The molecule has 0 aromatic carbocycles. The van der Waals surface area contributed by atoms with Gasteiger partial charge in [0.05, 0.1) is 6.10 Å². The molecule has 0 saturated heterocycles. The van der Waals surface area contributed by atoms with E-state index in [1.54, 1.807) is 5.57 Å². The van der Waals surface area contributed by atoms with Gasteiger partial charge in [-0.2, -0.15) is 0 Å². The zero-order chi connectivity index (χ0) is 11.3. The van der Waals surface area contributed by atoms with Crippen molar-refractivity contribution in [3.63, 3.8) is 0 Å². The van der Waals surface area contributed by atoms with Crippen LogP contribution in [0.5, 0.6) is 0 Å². The van der Waals surface area contributed by atoms with Gasteiger partial charge >= 0.3 is 0 Å². The molecule has 16 heavy (non-hydrogen) atoms. The van der Waals surface area contributed by atoms with Crippen molar-refractivity contribution in [3.05, 3.63) is 23.8 Å². The zero-order valence-corrected chi connectivity index (χ0v) is 10.3. The first kappa shape index (κ1) is 10.6. The second-order valence-electron chi connectivity index (χ2n) is 6.05. The predicted octanol–water partition coefficient (Wildman–Crippen LogP) is 3.16. The van der Waals surface area contributed by atoms with Gasteiger partial charge in [-0.1, -0.05) is 30.7 Å². The Balaban J connectivity index is 1.79. The van der Waals surface area contributed by atoms with Crippen molar-refractivity contribution in [2.45, 2.75) is 39.2 Å². The minimum absolute atomic E-state index is 0.207. The molecule has 0 aliphatic heterocycles. The molecule has 0 aromatic heterocycles. The first-order valence-corrected chi connectivity index (χ1v) is 6.72. The normalized spacial score (nSPS) is 46.3. The van der Waals surface area contributed by atoms with Crippen LogP contribution in [0.2, 0.25) is 0 Å². The van der Waals surface area contributed by atoms with Crippen LogP contribution in [-0.2, 0) is 0 Å². The molecule has 2 bridgehead atoms. The fraction of sp³-hybridized carbons (Fsp3) is 0.733. The Labute approximate surface area is 98.2 Å². The van der Waals surface area contributed by atoms with Gasteiger partial charge in [0, 0.05) is 0 Å². The number of aliphatic hydroxyl groups is 1. The van der Waals surface area contributed by atoms with Crippen molar-refractivity contribution in [1.82, 2.24) is 0 Å². The molecule has 2 fully saturated rings. The van der Waals surface area contributed by atoms with Crippen LogP contribution >= 0.6 is 0 Å². The van der Waals surface area contributed by atoms with Crippen LogP contribution < -0.4 is 0 Å². The van der Waals surface area contributed by atoms with E-state index >= 15 is 0 Å². The number of rotatable bonds is 2. The molecule has 1 nitrogen and oxygen atoms in total. The highest BCUT2D eigenvalue weighted by Gasteiger charge is 2.49. The van der Waals surface area contributed by atoms with Gasteiger partial charge in [0.15, 0.2) is 0 Å². The Hall–Kier alpha value is -0.560. The monoisotopic (exact) mass is 218 g/mol. The molecule has 3 aliphatic rings. The van der Waals surface area contributed by atoms with Gasteiger partial charge in [0.1, 0.15) is 0 Å². The number of aliphatic hydroxyl groups excluding tert-OH is 1. The average Bonchev–Trinajstić information content (AvgIpc) is 2.87. The van der Waals surface area contributed by atoms with Crippen molar-refractivity contribution in [3.8, 4) is 0 Å². The minimum Gasteiger partial charge on any atom is -0.393 e. The molecule has 6 atom stereocenters. The third-order valence-electron chi connectivity index (χ3n) is 5.10. The predicted molar refractivity (Wildman–Crippen MR) is 65.9 cm³/mol. The molecule has 2 saturated carbocycles. The maximum Gasteiger partial charge on any atom is 0.0572 e. The van der Waals surface area contributed by atoms with Crippen LogP contribution in [0.25, 0.3) is 0 Å². The van der Waals surface area contributed by atoms with E-state index in [1.807, 2.05) is 6.92 Å². The average molecular weight is 218 g/mol. The molecule has 1 N–H and O–H groups in total. The molecule has 1 heteroatoms. The Morgan fingerprint density at radius 2 is 2.25 bits per heavy atom. The maximum absolute atomic E-state index is 9.58. The lowest BCUT2D eigenvalue weighted by atomic mass is 9.78. The fourth-order valence-corrected chi connectivity index (χ4v) is 4.05. The van der Waals surface area contributed by atoms with Gasteiger partial charge in [0.2, 0.25) is 0 Å². The molecule has 3 rings (SSSR count). The second kappa shape index (κ2) is 3.73. The van der Waals surface area contributed by atoms with Crippen molar-refractivity contribution in [2.75, 3.05) is 0 Å². The molecular weight excluding hydrogens is 196 g/mol. The molecule has 0 radical (unpaired) electrons. The lowest BCUT2D eigenvalue weighted by molar-refractivity contribution is 0.156. The highest BCUT2D eigenvalue weighted by atomic mass is 16.3. The summed E-state index contributed by atoms with van der Waals surface area (Å²) in [4.78, 5) is 0. The largest absolute Gasteiger partial charge is 0.393 e. The van der Waals surface area contributed by atoms with Gasteiger partial charge < -0.3 is 5.11 Å². The van der Waals surface area contributed by atoms with E-state index in [0.717, 1.165) is 23.7 Å². The third-order valence-corrected chi connectivity index (χ3v) is 5.10. The molecule has 0 amide bonds. The molecule has 0 aromatic rings. The number of allylic oxidation sites excluding steroid dienone is 3. The van der Waals surface area contributed by atoms with Gasteiger partial charge in [-0.25, -0.2) is 0 Å². The van der Waals surface area contributed by atoms with Gasteiger partial charge in [-0.3, -0.25) is 0 Å². The number of hydrogen-bond acceptors (Lipinski definition) is 1. The summed E-state index contributed by atoms with van der Waals surface area (Å²) in [6, 6.07) is 0. The first-order valence-electron chi connectivity index (χ1n) is 6.72. The molecule has 0 spiro atoms. The zero-order valence-electron chi connectivity index (χ0n) is 10.3. The highest BCUT2D eigenvalue weighted by molar-refractivity contribution is 5.27. The van der Waals surface area contributed by atoms with Crippen LogP contribution in [0.3, 0.4) is 0 Å². The van der Waals surface area contributed by atoms with E-state index in [2.05, 4.69) is 25.2 Å². The Morgan fingerprint density at radius 1 is 1.44 bits per heavy atom.